The molecule has 1 aliphatic carbocycles. The number of esters is 2. The maximum absolute atomic E-state index is 14.1. The highest BCUT2D eigenvalue weighted by atomic mass is 35.5. The van der Waals surface area contributed by atoms with Crippen LogP contribution >= 0.6 is 11.6 Å². The summed E-state index contributed by atoms with van der Waals surface area (Å²) in [5.74, 6) is -4.27. The van der Waals surface area contributed by atoms with Crippen LogP contribution in [0.5, 0.6) is 5.75 Å². The minimum absolute atomic E-state index is 0.00566. The SMILES string of the molecule is COC(=O)c1ccc2cccc(NCc3c4oc5c(CNc6cccc7ccc(C(=O)OC)nc67)c(O)ccc5c(-c5cc(C(=O)O)ccc5C(=O)O)c-4cc(Cl)c3=O)c2n1. The standard InChI is InChI=1S/C45H31ClN4O11/c1-59-44(57)33-14-10-21-5-3-7-31(37(21)49-33)47-19-28-35(51)16-13-25-36(26-17-23(42(53)54)9-12-24(26)43(55)56)27-18-30(46)39(52)29(41(27)61-40(25)28)20-48-32-8-4-6-22-11-15-34(45(58)60-2)50-38(22)32/h3-18,47-48,51H,19-20H2,1-2H3,(H,53,54)(H,55,56). The molecule has 0 saturated carbocycles. The lowest BCUT2D eigenvalue weighted by atomic mass is 9.87. The van der Waals surface area contributed by atoms with Gasteiger partial charge >= 0.3 is 23.9 Å². The number of halogens is 1. The number of fused-ring (bicyclic) bond motifs is 4. The first-order valence-corrected chi connectivity index (χ1v) is 18.7. The summed E-state index contributed by atoms with van der Waals surface area (Å²) >= 11 is 6.66. The van der Waals surface area contributed by atoms with Gasteiger partial charge in [-0.05, 0) is 66.2 Å². The second kappa shape index (κ2) is 16.0. The molecule has 15 nitrogen and oxygen atoms in total. The molecule has 0 saturated heterocycles. The molecule has 3 heterocycles. The van der Waals surface area contributed by atoms with Crippen molar-refractivity contribution in [1.82, 2.24) is 9.97 Å². The lowest BCUT2D eigenvalue weighted by Crippen LogP contribution is -2.17. The number of para-hydroxylation sites is 2. The Morgan fingerprint density at radius 1 is 0.705 bits per heavy atom. The van der Waals surface area contributed by atoms with Gasteiger partial charge in [0.1, 0.15) is 28.5 Å². The molecule has 2 aromatic heterocycles. The van der Waals surface area contributed by atoms with Crippen molar-refractivity contribution in [2.24, 2.45) is 0 Å². The third-order valence-electron chi connectivity index (χ3n) is 10.2. The molecule has 1 aliphatic heterocycles. The quantitative estimate of drug-likeness (QED) is 0.0611. The maximum atomic E-state index is 14.1. The van der Waals surface area contributed by atoms with Crippen molar-refractivity contribution in [1.29, 1.82) is 0 Å². The number of carboxylic acid groups (broad SMARTS) is 2. The number of ether oxygens (including phenoxy) is 2. The van der Waals surface area contributed by atoms with Gasteiger partial charge in [-0.3, -0.25) is 4.79 Å². The molecular weight excluding hydrogens is 808 g/mol. The number of phenolic OH excluding ortho intramolecular Hbond substituents is 1. The van der Waals surface area contributed by atoms with Gasteiger partial charge < -0.3 is 39.8 Å². The number of carboxylic acids is 2. The number of nitrogens with one attached hydrogen (secondary N) is 2. The molecular formula is C45H31ClN4O11. The summed E-state index contributed by atoms with van der Waals surface area (Å²) in [4.78, 5) is 72.8. The van der Waals surface area contributed by atoms with Gasteiger partial charge in [-0.15, -0.1) is 0 Å². The number of methoxy groups -OCH3 is 2. The summed E-state index contributed by atoms with van der Waals surface area (Å²) in [5, 5.41) is 39.7. The summed E-state index contributed by atoms with van der Waals surface area (Å²) in [5.41, 5.74) is 1.19. The van der Waals surface area contributed by atoms with Gasteiger partial charge in [0.15, 0.2) is 0 Å². The van der Waals surface area contributed by atoms with Crippen molar-refractivity contribution in [2.45, 2.75) is 13.1 Å². The van der Waals surface area contributed by atoms with E-state index in [2.05, 4.69) is 20.6 Å². The topological polar surface area (TPSA) is 227 Å². The molecule has 0 atom stereocenters. The first kappa shape index (κ1) is 39.8. The van der Waals surface area contributed by atoms with E-state index in [-0.39, 0.29) is 90.9 Å². The summed E-state index contributed by atoms with van der Waals surface area (Å²) in [6.07, 6.45) is 0. The van der Waals surface area contributed by atoms with Gasteiger partial charge in [0.25, 0.3) is 0 Å². The number of aromatic carboxylic acids is 2. The average Bonchev–Trinajstić information content (AvgIpc) is 3.27. The van der Waals surface area contributed by atoms with E-state index in [4.69, 9.17) is 25.5 Å². The van der Waals surface area contributed by atoms with Crippen LogP contribution in [0.1, 0.15) is 52.8 Å². The fourth-order valence-electron chi connectivity index (χ4n) is 7.22. The molecule has 0 fully saturated rings. The van der Waals surface area contributed by atoms with Crippen molar-refractivity contribution in [3.05, 3.63) is 146 Å². The van der Waals surface area contributed by atoms with Gasteiger partial charge in [-0.1, -0.05) is 48.0 Å². The van der Waals surface area contributed by atoms with Crippen LogP contribution in [0, 0.1) is 0 Å². The molecule has 0 amide bonds. The first-order chi connectivity index (χ1) is 29.4. The van der Waals surface area contributed by atoms with Crippen molar-refractivity contribution in [2.75, 3.05) is 24.9 Å². The summed E-state index contributed by atoms with van der Waals surface area (Å²) in [6, 6.07) is 24.7. The van der Waals surface area contributed by atoms with Crippen LogP contribution in [0.3, 0.4) is 0 Å². The highest BCUT2D eigenvalue weighted by molar-refractivity contribution is 6.31. The Labute approximate surface area is 349 Å². The monoisotopic (exact) mass is 838 g/mol. The molecule has 0 radical (unpaired) electrons. The third-order valence-corrected chi connectivity index (χ3v) is 10.4. The number of rotatable bonds is 11. The summed E-state index contributed by atoms with van der Waals surface area (Å²) in [7, 11) is 2.48. The number of carbonyl (C=O) groups excluding carboxylic acids is 2. The van der Waals surface area contributed by atoms with E-state index in [0.29, 0.717) is 33.2 Å². The number of aromatic hydroxyl groups is 1. The van der Waals surface area contributed by atoms with Crippen LogP contribution in [0.2, 0.25) is 5.02 Å². The zero-order valence-corrected chi connectivity index (χ0v) is 32.8. The minimum Gasteiger partial charge on any atom is -0.507 e. The number of benzene rings is 5. The summed E-state index contributed by atoms with van der Waals surface area (Å²) < 4.78 is 16.3. The van der Waals surface area contributed by atoms with E-state index < -0.39 is 29.3 Å². The summed E-state index contributed by atoms with van der Waals surface area (Å²) in [6.45, 7) is -0.359. The van der Waals surface area contributed by atoms with Gasteiger partial charge in [0.05, 0.1) is 63.9 Å². The number of nitrogens with zero attached hydrogens (tertiary/aromatic N) is 2. The molecule has 61 heavy (non-hydrogen) atoms. The number of carbonyl (C=O) groups is 4. The molecule has 4 aromatic carbocycles. The molecule has 0 spiro atoms. The molecule has 8 rings (SSSR count). The first-order valence-electron chi connectivity index (χ1n) is 18.4. The second-order valence-corrected chi connectivity index (χ2v) is 14.1. The third kappa shape index (κ3) is 7.23. The number of aromatic nitrogens is 2. The van der Waals surface area contributed by atoms with Gasteiger partial charge in [0.2, 0.25) is 5.43 Å². The zero-order valence-electron chi connectivity index (χ0n) is 32.0. The molecule has 304 valence electrons. The van der Waals surface area contributed by atoms with E-state index >= 15 is 0 Å². The highest BCUT2D eigenvalue weighted by Crippen LogP contribution is 2.46. The van der Waals surface area contributed by atoms with E-state index in [1.807, 2.05) is 0 Å². The number of pyridine rings is 2. The molecule has 0 unspecified atom stereocenters. The Morgan fingerprint density at radius 3 is 1.85 bits per heavy atom. The Hall–Kier alpha value is -8.04. The Balaban J connectivity index is 1.35. The van der Waals surface area contributed by atoms with Crippen LogP contribution in [-0.2, 0) is 22.6 Å². The van der Waals surface area contributed by atoms with Crippen LogP contribution in [-0.4, -0.2) is 63.4 Å². The van der Waals surface area contributed by atoms with E-state index in [9.17, 15) is 39.3 Å². The Morgan fingerprint density at radius 2 is 1.30 bits per heavy atom. The van der Waals surface area contributed by atoms with Gasteiger partial charge in [-0.25, -0.2) is 29.1 Å². The fourth-order valence-corrected chi connectivity index (χ4v) is 7.45. The Bertz CT molecular complexity index is 3180. The molecule has 6 aromatic rings. The molecule has 16 heteroatoms. The zero-order chi connectivity index (χ0) is 43.1. The number of phenols is 1. The smallest absolute Gasteiger partial charge is 0.356 e. The van der Waals surface area contributed by atoms with E-state index in [1.54, 1.807) is 48.5 Å². The van der Waals surface area contributed by atoms with Crippen molar-refractivity contribution < 1.29 is 48.4 Å². The lowest BCUT2D eigenvalue weighted by molar-refractivity contribution is 0.0586. The van der Waals surface area contributed by atoms with Crippen LogP contribution in [0.4, 0.5) is 11.4 Å². The largest absolute Gasteiger partial charge is 0.507 e. The van der Waals surface area contributed by atoms with Crippen molar-refractivity contribution >= 4 is 79.6 Å². The van der Waals surface area contributed by atoms with Crippen molar-refractivity contribution in [3.8, 4) is 28.2 Å². The fraction of sp³-hybridized carbons (Fsp3) is 0.0889. The number of hydrogen-bond donors (Lipinski definition) is 5. The van der Waals surface area contributed by atoms with Crippen LogP contribution in [0.15, 0.2) is 106 Å². The van der Waals surface area contributed by atoms with Crippen molar-refractivity contribution in [3.63, 3.8) is 0 Å². The Kier molecular flexibility index (Phi) is 10.4. The highest BCUT2D eigenvalue weighted by Gasteiger charge is 2.29. The normalized spacial score (nSPS) is 11.2. The molecule has 5 N–H and O–H groups in total. The van der Waals surface area contributed by atoms with E-state index in [0.717, 1.165) is 0 Å². The maximum Gasteiger partial charge on any atom is 0.356 e. The lowest BCUT2D eigenvalue weighted by Gasteiger charge is -2.22. The van der Waals surface area contributed by atoms with Gasteiger partial charge in [-0.2, -0.15) is 0 Å². The van der Waals surface area contributed by atoms with Crippen LogP contribution in [0.25, 0.3) is 55.2 Å². The molecule has 2 aliphatic rings. The molecule has 0 bridgehead atoms. The van der Waals surface area contributed by atoms with E-state index in [1.165, 1.54) is 62.8 Å². The average molecular weight is 839 g/mol. The van der Waals surface area contributed by atoms with Gasteiger partial charge in [0, 0.05) is 40.4 Å². The second-order valence-electron chi connectivity index (χ2n) is 13.7. The predicted octanol–water partition coefficient (Wildman–Crippen LogP) is 8.21. The minimum atomic E-state index is -1.37. The van der Waals surface area contributed by atoms with Crippen LogP contribution < -0.4 is 16.1 Å². The number of anilines is 2. The number of hydrogen-bond acceptors (Lipinski definition) is 13. The predicted molar refractivity (Wildman–Crippen MR) is 226 cm³/mol.